The maximum absolute atomic E-state index is 13.5. The Hall–Kier alpha value is -1.82. The number of piperidine rings is 1. The minimum Gasteiger partial charge on any atom is -0.481 e. The van der Waals surface area contributed by atoms with Crippen molar-refractivity contribution in [2.24, 2.45) is 5.92 Å². The van der Waals surface area contributed by atoms with Crippen LogP contribution in [0.4, 0.5) is 10.1 Å². The first-order valence-electron chi connectivity index (χ1n) is 6.67. The third kappa shape index (κ3) is 3.85. The minimum atomic E-state index is -0.821. The number of amides is 1. The lowest BCUT2D eigenvalue weighted by molar-refractivity contribution is -0.145. The molecule has 114 valence electrons. The van der Waals surface area contributed by atoms with Crippen molar-refractivity contribution in [1.82, 2.24) is 4.90 Å². The number of carbonyl (C=O) groups is 2. The monoisotopic (exact) mass is 314 g/mol. The molecule has 1 aliphatic rings. The van der Waals surface area contributed by atoms with E-state index >= 15 is 0 Å². The van der Waals surface area contributed by atoms with Crippen molar-refractivity contribution < 1.29 is 19.1 Å². The summed E-state index contributed by atoms with van der Waals surface area (Å²) >= 11 is 5.86. The molecule has 0 bridgehead atoms. The molecule has 1 amide bonds. The fourth-order valence-electron chi connectivity index (χ4n) is 2.32. The zero-order valence-electron chi connectivity index (χ0n) is 11.3. The lowest BCUT2D eigenvalue weighted by atomic mass is 9.97. The molecule has 0 spiro atoms. The van der Waals surface area contributed by atoms with Gasteiger partial charge in [0.05, 0.1) is 23.2 Å². The molecule has 1 saturated heterocycles. The number of nitrogens with one attached hydrogen (secondary N) is 1. The van der Waals surface area contributed by atoms with Gasteiger partial charge in [-0.3, -0.25) is 9.59 Å². The van der Waals surface area contributed by atoms with Crippen molar-refractivity contribution in [2.45, 2.75) is 12.8 Å². The highest BCUT2D eigenvalue weighted by atomic mass is 35.5. The Bertz CT molecular complexity index is 525. The second kappa shape index (κ2) is 6.76. The summed E-state index contributed by atoms with van der Waals surface area (Å²) in [5.41, 5.74) is 0.105. The van der Waals surface area contributed by atoms with Crippen molar-refractivity contribution in [3.8, 4) is 0 Å². The molecule has 1 aromatic rings. The molecule has 0 atom stereocenters. The molecule has 2 N–H and O–H groups in total. The van der Waals surface area contributed by atoms with E-state index in [9.17, 15) is 14.0 Å². The van der Waals surface area contributed by atoms with Crippen molar-refractivity contribution in [1.29, 1.82) is 0 Å². The van der Waals surface area contributed by atoms with Gasteiger partial charge in [0.25, 0.3) is 0 Å². The van der Waals surface area contributed by atoms with Crippen LogP contribution in [-0.2, 0) is 9.59 Å². The lowest BCUT2D eigenvalue weighted by Crippen LogP contribution is -2.42. The number of carboxylic acids is 1. The molecular formula is C14H16ClFN2O3. The maximum Gasteiger partial charge on any atom is 0.306 e. The molecule has 0 aliphatic carbocycles. The van der Waals surface area contributed by atoms with Gasteiger partial charge in [-0.1, -0.05) is 17.7 Å². The van der Waals surface area contributed by atoms with Crippen LogP contribution in [0.1, 0.15) is 12.8 Å². The van der Waals surface area contributed by atoms with Gasteiger partial charge < -0.3 is 15.3 Å². The van der Waals surface area contributed by atoms with Crippen molar-refractivity contribution in [2.75, 3.05) is 25.0 Å². The van der Waals surface area contributed by atoms with Crippen LogP contribution in [0.3, 0.4) is 0 Å². The first-order chi connectivity index (χ1) is 9.99. The van der Waals surface area contributed by atoms with E-state index in [1.54, 1.807) is 4.90 Å². The normalized spacial score (nSPS) is 15.8. The SMILES string of the molecule is O=C(O)C1CCN(C(=O)CNc2c(F)cccc2Cl)CC1. The molecule has 1 heterocycles. The average molecular weight is 315 g/mol. The summed E-state index contributed by atoms with van der Waals surface area (Å²) in [6.07, 6.45) is 0.892. The summed E-state index contributed by atoms with van der Waals surface area (Å²) < 4.78 is 13.5. The highest BCUT2D eigenvalue weighted by molar-refractivity contribution is 6.33. The van der Waals surface area contributed by atoms with E-state index in [0.717, 1.165) is 0 Å². The highest BCUT2D eigenvalue weighted by Gasteiger charge is 2.26. The Morgan fingerprint density at radius 2 is 2.05 bits per heavy atom. The van der Waals surface area contributed by atoms with Gasteiger partial charge in [-0.05, 0) is 25.0 Å². The van der Waals surface area contributed by atoms with Crippen molar-refractivity contribution >= 4 is 29.2 Å². The van der Waals surface area contributed by atoms with E-state index in [2.05, 4.69) is 5.32 Å². The fourth-order valence-corrected chi connectivity index (χ4v) is 2.55. The average Bonchev–Trinajstić information content (AvgIpc) is 2.46. The molecule has 0 saturated carbocycles. The van der Waals surface area contributed by atoms with Crippen LogP contribution in [0, 0.1) is 11.7 Å². The Kier molecular flexibility index (Phi) is 5.01. The van der Waals surface area contributed by atoms with Crippen LogP contribution in [0.2, 0.25) is 5.02 Å². The standard InChI is InChI=1S/C14H16ClFN2O3/c15-10-2-1-3-11(16)13(10)17-8-12(19)18-6-4-9(5-7-18)14(20)21/h1-3,9,17H,4-8H2,(H,20,21). The molecular weight excluding hydrogens is 299 g/mol. The van der Waals surface area contributed by atoms with Crippen molar-refractivity contribution in [3.05, 3.63) is 29.0 Å². The summed E-state index contributed by atoms with van der Waals surface area (Å²) in [5, 5.41) is 11.8. The van der Waals surface area contributed by atoms with E-state index in [-0.39, 0.29) is 29.1 Å². The van der Waals surface area contributed by atoms with Crippen LogP contribution in [0.25, 0.3) is 0 Å². The molecule has 7 heteroatoms. The number of anilines is 1. The van der Waals surface area contributed by atoms with Crippen molar-refractivity contribution in [3.63, 3.8) is 0 Å². The van der Waals surface area contributed by atoms with Gasteiger partial charge in [0.15, 0.2) is 0 Å². The number of likely N-dealkylation sites (tertiary alicyclic amines) is 1. The van der Waals surface area contributed by atoms with E-state index in [1.165, 1.54) is 18.2 Å². The summed E-state index contributed by atoms with van der Waals surface area (Å²) in [6.45, 7) is 0.739. The fraction of sp³-hybridized carbons (Fsp3) is 0.429. The van der Waals surface area contributed by atoms with Gasteiger partial charge in [-0.2, -0.15) is 0 Å². The number of carbonyl (C=O) groups excluding carboxylic acids is 1. The number of halogens is 2. The number of hydrogen-bond acceptors (Lipinski definition) is 3. The quantitative estimate of drug-likeness (QED) is 0.894. The van der Waals surface area contributed by atoms with Gasteiger partial charge in [-0.25, -0.2) is 4.39 Å². The van der Waals surface area contributed by atoms with E-state index < -0.39 is 11.8 Å². The van der Waals surface area contributed by atoms with Gasteiger partial charge in [0.1, 0.15) is 5.82 Å². The number of carboxylic acid groups (broad SMARTS) is 1. The highest BCUT2D eigenvalue weighted by Crippen LogP contribution is 2.24. The largest absolute Gasteiger partial charge is 0.481 e. The third-order valence-corrected chi connectivity index (χ3v) is 3.89. The second-order valence-electron chi connectivity index (χ2n) is 4.94. The zero-order chi connectivity index (χ0) is 15.4. The Labute approximate surface area is 126 Å². The number of benzene rings is 1. The Balaban J connectivity index is 1.87. The topological polar surface area (TPSA) is 69.6 Å². The van der Waals surface area contributed by atoms with Crippen LogP contribution in [0.5, 0.6) is 0 Å². The summed E-state index contributed by atoms with van der Waals surface area (Å²) in [4.78, 5) is 24.4. The smallest absolute Gasteiger partial charge is 0.306 e. The van der Waals surface area contributed by atoms with Gasteiger partial charge in [0.2, 0.25) is 5.91 Å². The first-order valence-corrected chi connectivity index (χ1v) is 7.05. The first kappa shape index (κ1) is 15.6. The molecule has 0 aromatic heterocycles. The molecule has 21 heavy (non-hydrogen) atoms. The number of hydrogen-bond donors (Lipinski definition) is 2. The summed E-state index contributed by atoms with van der Waals surface area (Å²) in [7, 11) is 0. The number of nitrogens with zero attached hydrogens (tertiary/aromatic N) is 1. The van der Waals surface area contributed by atoms with Crippen LogP contribution in [0.15, 0.2) is 18.2 Å². The third-order valence-electron chi connectivity index (χ3n) is 3.58. The van der Waals surface area contributed by atoms with Gasteiger partial charge in [-0.15, -0.1) is 0 Å². The van der Waals surface area contributed by atoms with Crippen LogP contribution < -0.4 is 5.32 Å². The predicted molar refractivity (Wildman–Crippen MR) is 76.8 cm³/mol. The zero-order valence-corrected chi connectivity index (χ0v) is 12.1. The molecule has 1 aromatic carbocycles. The van der Waals surface area contributed by atoms with E-state index in [1.807, 2.05) is 0 Å². The predicted octanol–water partition coefficient (Wildman–Crippen LogP) is 2.21. The molecule has 0 radical (unpaired) electrons. The Morgan fingerprint density at radius 1 is 1.38 bits per heavy atom. The molecule has 5 nitrogen and oxygen atoms in total. The number of aliphatic carboxylic acids is 1. The molecule has 1 aliphatic heterocycles. The Morgan fingerprint density at radius 3 is 2.62 bits per heavy atom. The van der Waals surface area contributed by atoms with E-state index in [4.69, 9.17) is 16.7 Å². The van der Waals surface area contributed by atoms with Gasteiger partial charge in [0, 0.05) is 13.1 Å². The maximum atomic E-state index is 13.5. The molecule has 1 fully saturated rings. The second-order valence-corrected chi connectivity index (χ2v) is 5.35. The minimum absolute atomic E-state index is 0.0710. The van der Waals surface area contributed by atoms with E-state index in [0.29, 0.717) is 25.9 Å². The number of para-hydroxylation sites is 1. The molecule has 0 unspecified atom stereocenters. The van der Waals surface area contributed by atoms with Crippen LogP contribution >= 0.6 is 11.6 Å². The number of rotatable bonds is 4. The lowest BCUT2D eigenvalue weighted by Gasteiger charge is -2.30. The summed E-state index contributed by atoms with van der Waals surface area (Å²) in [6, 6.07) is 4.29. The van der Waals surface area contributed by atoms with Crippen LogP contribution in [-0.4, -0.2) is 41.5 Å². The molecule has 2 rings (SSSR count). The van der Waals surface area contributed by atoms with Gasteiger partial charge >= 0.3 is 5.97 Å². The summed E-state index contributed by atoms with van der Waals surface area (Å²) in [5.74, 6) is -1.92.